The van der Waals surface area contributed by atoms with E-state index in [1.54, 1.807) is 6.92 Å². The first kappa shape index (κ1) is 11.8. The molecule has 0 aliphatic rings. The van der Waals surface area contributed by atoms with Crippen molar-refractivity contribution in [2.24, 2.45) is 0 Å². The molecule has 1 aromatic heterocycles. The second kappa shape index (κ2) is 4.68. The van der Waals surface area contributed by atoms with E-state index in [0.717, 1.165) is 11.5 Å². The molecule has 7 heteroatoms. The third-order valence-corrected chi connectivity index (χ3v) is 2.87. The Morgan fingerprint density at radius 1 is 1.53 bits per heavy atom. The van der Waals surface area contributed by atoms with E-state index in [4.69, 9.17) is 21.4 Å². The van der Waals surface area contributed by atoms with Gasteiger partial charge in [-0.2, -0.15) is 9.36 Å². The SMILES string of the molecule is Cc1nsc(Oc2ccc(C(=O)O)cc2Cl)n1. The van der Waals surface area contributed by atoms with Crippen molar-refractivity contribution in [3.63, 3.8) is 0 Å². The smallest absolute Gasteiger partial charge is 0.335 e. The molecule has 1 aromatic carbocycles. The van der Waals surface area contributed by atoms with Crippen molar-refractivity contribution < 1.29 is 14.6 Å². The molecule has 0 bridgehead atoms. The summed E-state index contributed by atoms with van der Waals surface area (Å²) in [5.41, 5.74) is 0.107. The molecular weight excluding hydrogens is 264 g/mol. The number of aromatic nitrogens is 2. The number of carboxylic acids is 1. The molecule has 0 saturated carbocycles. The van der Waals surface area contributed by atoms with Gasteiger partial charge >= 0.3 is 5.97 Å². The standard InChI is InChI=1S/C10H7ClN2O3S/c1-5-12-10(17-13-5)16-8-3-2-6(9(14)15)4-7(8)11/h2-4H,1H3,(H,14,15). The average molecular weight is 271 g/mol. The fraction of sp³-hybridized carbons (Fsp3) is 0.100. The molecule has 0 fully saturated rings. The Labute approximate surface area is 106 Å². The van der Waals surface area contributed by atoms with Gasteiger partial charge in [0.15, 0.2) is 0 Å². The maximum absolute atomic E-state index is 10.7. The van der Waals surface area contributed by atoms with Crippen molar-refractivity contribution in [1.29, 1.82) is 0 Å². The Kier molecular flexibility index (Phi) is 3.26. The number of hydrogen-bond acceptors (Lipinski definition) is 5. The van der Waals surface area contributed by atoms with Gasteiger partial charge in [-0.1, -0.05) is 11.6 Å². The Bertz CT molecular complexity index is 570. The molecule has 17 heavy (non-hydrogen) atoms. The number of ether oxygens (including phenoxy) is 1. The normalized spacial score (nSPS) is 10.2. The highest BCUT2D eigenvalue weighted by atomic mass is 35.5. The van der Waals surface area contributed by atoms with Crippen LogP contribution in [0.1, 0.15) is 16.2 Å². The summed E-state index contributed by atoms with van der Waals surface area (Å²) in [6, 6.07) is 4.23. The van der Waals surface area contributed by atoms with Gasteiger partial charge in [0.2, 0.25) is 0 Å². The molecule has 0 spiro atoms. The van der Waals surface area contributed by atoms with Crippen LogP contribution in [0.3, 0.4) is 0 Å². The fourth-order valence-corrected chi connectivity index (χ4v) is 1.90. The Morgan fingerprint density at radius 2 is 2.29 bits per heavy atom. The summed E-state index contributed by atoms with van der Waals surface area (Å²) in [4.78, 5) is 14.7. The summed E-state index contributed by atoms with van der Waals surface area (Å²) in [5.74, 6) is -0.0682. The first-order chi connectivity index (χ1) is 8.06. The largest absolute Gasteiger partial charge is 0.478 e. The lowest BCUT2D eigenvalue weighted by Gasteiger charge is -2.04. The molecule has 88 valence electrons. The van der Waals surface area contributed by atoms with Crippen LogP contribution in [0, 0.1) is 6.92 Å². The minimum Gasteiger partial charge on any atom is -0.478 e. The number of aromatic carboxylic acids is 1. The average Bonchev–Trinajstić information content (AvgIpc) is 2.67. The van der Waals surface area contributed by atoms with E-state index in [9.17, 15) is 4.79 Å². The second-order valence-electron chi connectivity index (χ2n) is 3.16. The van der Waals surface area contributed by atoms with E-state index in [0.29, 0.717) is 16.8 Å². The molecule has 1 heterocycles. The van der Waals surface area contributed by atoms with Gasteiger partial charge in [0, 0.05) is 11.5 Å². The lowest BCUT2D eigenvalue weighted by Crippen LogP contribution is -1.96. The van der Waals surface area contributed by atoms with Crippen molar-refractivity contribution in [3.8, 4) is 10.9 Å². The third kappa shape index (κ3) is 2.72. The Morgan fingerprint density at radius 3 is 2.82 bits per heavy atom. The minimum atomic E-state index is -1.04. The zero-order valence-corrected chi connectivity index (χ0v) is 10.2. The maximum atomic E-state index is 10.7. The fourth-order valence-electron chi connectivity index (χ4n) is 1.13. The Hall–Kier alpha value is -1.66. The number of nitrogens with zero attached hydrogens (tertiary/aromatic N) is 2. The van der Waals surface area contributed by atoms with Crippen LogP contribution in [0.5, 0.6) is 10.9 Å². The molecular formula is C10H7ClN2O3S. The monoisotopic (exact) mass is 270 g/mol. The van der Waals surface area contributed by atoms with E-state index in [1.807, 2.05) is 0 Å². The van der Waals surface area contributed by atoms with Crippen molar-refractivity contribution in [3.05, 3.63) is 34.6 Å². The number of aryl methyl sites for hydroxylation is 1. The molecule has 1 N–H and O–H groups in total. The van der Waals surface area contributed by atoms with Gasteiger partial charge < -0.3 is 9.84 Å². The highest BCUT2D eigenvalue weighted by molar-refractivity contribution is 7.07. The van der Waals surface area contributed by atoms with Crippen LogP contribution in [-0.4, -0.2) is 20.4 Å². The van der Waals surface area contributed by atoms with Crippen LogP contribution < -0.4 is 4.74 Å². The molecule has 0 aliphatic carbocycles. The summed E-state index contributed by atoms with van der Waals surface area (Å²) in [6.07, 6.45) is 0. The van der Waals surface area contributed by atoms with Gasteiger partial charge in [-0.25, -0.2) is 4.79 Å². The molecule has 2 aromatic rings. The highest BCUT2D eigenvalue weighted by Gasteiger charge is 2.10. The number of carbonyl (C=O) groups is 1. The molecule has 5 nitrogen and oxygen atoms in total. The number of rotatable bonds is 3. The number of carboxylic acid groups (broad SMARTS) is 1. The van der Waals surface area contributed by atoms with E-state index in [2.05, 4.69) is 9.36 Å². The van der Waals surface area contributed by atoms with Crippen LogP contribution in [-0.2, 0) is 0 Å². The zero-order valence-electron chi connectivity index (χ0n) is 8.68. The third-order valence-electron chi connectivity index (χ3n) is 1.89. The van der Waals surface area contributed by atoms with Crippen molar-refractivity contribution >= 4 is 29.1 Å². The summed E-state index contributed by atoms with van der Waals surface area (Å²) in [7, 11) is 0. The number of halogens is 1. The van der Waals surface area contributed by atoms with Crippen LogP contribution in [0.2, 0.25) is 5.02 Å². The highest BCUT2D eigenvalue weighted by Crippen LogP contribution is 2.30. The van der Waals surface area contributed by atoms with Gasteiger partial charge in [0.05, 0.1) is 10.6 Å². The predicted octanol–water partition coefficient (Wildman–Crippen LogP) is 2.99. The van der Waals surface area contributed by atoms with Crippen LogP contribution in [0.15, 0.2) is 18.2 Å². The van der Waals surface area contributed by atoms with Crippen molar-refractivity contribution in [1.82, 2.24) is 9.36 Å². The van der Waals surface area contributed by atoms with Crippen LogP contribution in [0.4, 0.5) is 0 Å². The molecule has 0 aliphatic heterocycles. The van der Waals surface area contributed by atoms with Gasteiger partial charge in [0.25, 0.3) is 5.19 Å². The number of hydrogen-bond donors (Lipinski definition) is 1. The van der Waals surface area contributed by atoms with Gasteiger partial charge in [-0.15, -0.1) is 0 Å². The predicted molar refractivity (Wildman–Crippen MR) is 63.1 cm³/mol. The summed E-state index contributed by atoms with van der Waals surface area (Å²) in [6.45, 7) is 1.75. The first-order valence-electron chi connectivity index (χ1n) is 4.57. The van der Waals surface area contributed by atoms with Crippen LogP contribution in [0.25, 0.3) is 0 Å². The van der Waals surface area contributed by atoms with E-state index >= 15 is 0 Å². The van der Waals surface area contributed by atoms with Gasteiger partial charge in [-0.05, 0) is 25.1 Å². The summed E-state index contributed by atoms with van der Waals surface area (Å²) < 4.78 is 9.34. The van der Waals surface area contributed by atoms with Gasteiger partial charge in [-0.3, -0.25) is 0 Å². The lowest BCUT2D eigenvalue weighted by atomic mass is 10.2. The maximum Gasteiger partial charge on any atom is 0.335 e. The van der Waals surface area contributed by atoms with E-state index in [1.165, 1.54) is 18.2 Å². The minimum absolute atomic E-state index is 0.107. The first-order valence-corrected chi connectivity index (χ1v) is 5.72. The quantitative estimate of drug-likeness (QED) is 0.928. The molecule has 2 rings (SSSR count). The van der Waals surface area contributed by atoms with E-state index < -0.39 is 5.97 Å². The lowest BCUT2D eigenvalue weighted by molar-refractivity contribution is 0.0697. The second-order valence-corrected chi connectivity index (χ2v) is 4.28. The molecule has 0 unspecified atom stereocenters. The van der Waals surface area contributed by atoms with Crippen molar-refractivity contribution in [2.45, 2.75) is 6.92 Å². The number of benzene rings is 1. The van der Waals surface area contributed by atoms with E-state index in [-0.39, 0.29) is 10.6 Å². The molecule has 0 atom stereocenters. The topological polar surface area (TPSA) is 72.3 Å². The Balaban J connectivity index is 2.25. The summed E-state index contributed by atoms with van der Waals surface area (Å²) in [5, 5.41) is 9.36. The van der Waals surface area contributed by atoms with Crippen molar-refractivity contribution in [2.75, 3.05) is 0 Å². The zero-order chi connectivity index (χ0) is 12.4. The molecule has 0 radical (unpaired) electrons. The molecule has 0 saturated heterocycles. The molecule has 0 amide bonds. The summed E-state index contributed by atoms with van der Waals surface area (Å²) >= 11 is 7.00. The van der Waals surface area contributed by atoms with Crippen LogP contribution >= 0.6 is 23.1 Å². The van der Waals surface area contributed by atoms with Gasteiger partial charge in [0.1, 0.15) is 11.6 Å².